The summed E-state index contributed by atoms with van der Waals surface area (Å²) in [5.41, 5.74) is 2.36. The molecule has 6 heteroatoms. The molecule has 33 heavy (non-hydrogen) atoms. The molecule has 0 spiro atoms. The number of benzene rings is 2. The first-order valence-corrected chi connectivity index (χ1v) is 13.5. The number of hydrogen-bond acceptors (Lipinski definition) is 4. The highest BCUT2D eigenvalue weighted by Crippen LogP contribution is 2.36. The van der Waals surface area contributed by atoms with E-state index in [-0.39, 0.29) is 5.41 Å². The molecule has 1 heterocycles. The van der Waals surface area contributed by atoms with Crippen LogP contribution in [0.2, 0.25) is 0 Å². The number of alkyl halides is 1. The normalized spacial score (nSPS) is 14.4. The number of ether oxygens (including phenoxy) is 2. The Labute approximate surface area is 214 Å². The minimum Gasteiger partial charge on any atom is -0.494 e. The van der Waals surface area contributed by atoms with Crippen LogP contribution in [0.15, 0.2) is 46.9 Å². The van der Waals surface area contributed by atoms with Crippen molar-refractivity contribution >= 4 is 27.5 Å². The Morgan fingerprint density at radius 1 is 0.939 bits per heavy atom. The summed E-state index contributed by atoms with van der Waals surface area (Å²) in [4.78, 5) is 2.50. The first-order valence-electron chi connectivity index (χ1n) is 12.2. The Kier molecular flexibility index (Phi) is 12.6. The third-order valence-electron chi connectivity index (χ3n) is 5.86. The van der Waals surface area contributed by atoms with Crippen LogP contribution < -0.4 is 14.8 Å². The Balaban J connectivity index is 0.00000187. The van der Waals surface area contributed by atoms with E-state index in [0.29, 0.717) is 12.5 Å². The second kappa shape index (κ2) is 14.9. The van der Waals surface area contributed by atoms with Crippen LogP contribution in [0.4, 0.5) is 0 Å². The van der Waals surface area contributed by atoms with Crippen LogP contribution in [-0.4, -0.2) is 56.7 Å². The minimum atomic E-state index is -0.127. The molecule has 1 aliphatic rings. The van der Waals surface area contributed by atoms with Gasteiger partial charge in [-0.15, -0.1) is 11.6 Å². The number of halogens is 2. The quantitative estimate of drug-likeness (QED) is 0.262. The molecular formula is C27H40BrClN2O2. The van der Waals surface area contributed by atoms with E-state index >= 15 is 0 Å². The summed E-state index contributed by atoms with van der Waals surface area (Å²) in [6.45, 7) is 15.4. The highest BCUT2D eigenvalue weighted by molar-refractivity contribution is 9.10. The maximum Gasteiger partial charge on any atom is 0.133 e. The molecule has 1 fully saturated rings. The van der Waals surface area contributed by atoms with Gasteiger partial charge in [0.15, 0.2) is 0 Å². The molecule has 0 bridgehead atoms. The van der Waals surface area contributed by atoms with Crippen LogP contribution in [0.5, 0.6) is 11.5 Å². The van der Waals surface area contributed by atoms with E-state index in [2.05, 4.69) is 76.4 Å². The number of nitrogens with zero attached hydrogens (tertiary/aromatic N) is 1. The maximum atomic E-state index is 5.98. The lowest BCUT2D eigenvalue weighted by Gasteiger charge is -2.27. The standard InChI is InChI=1S/C25H34BrClN2O2.C2H6/c1-25(2,21-7-10-24(23(26)19-21)31-17-3-11-27)20-5-8-22(9-6-20)30-18-4-14-29-15-12-28-13-16-29;1-2/h5-10,19,28H,3-4,11-18H2,1-2H3;1-2H3. The fraction of sp³-hybridized carbons (Fsp3) is 0.556. The predicted molar refractivity (Wildman–Crippen MR) is 144 cm³/mol. The number of nitrogens with one attached hydrogen (secondary N) is 1. The van der Waals surface area contributed by atoms with E-state index in [9.17, 15) is 0 Å². The molecule has 1 N–H and O–H groups in total. The average molecular weight is 540 g/mol. The fourth-order valence-corrected chi connectivity index (χ4v) is 4.39. The molecular weight excluding hydrogens is 500 g/mol. The molecule has 2 aromatic rings. The van der Waals surface area contributed by atoms with Gasteiger partial charge in [0.05, 0.1) is 17.7 Å². The Hall–Kier alpha value is -1.27. The summed E-state index contributed by atoms with van der Waals surface area (Å²) in [5, 5.41) is 3.39. The molecule has 0 amide bonds. The van der Waals surface area contributed by atoms with E-state index in [4.69, 9.17) is 21.1 Å². The van der Waals surface area contributed by atoms with Crippen molar-refractivity contribution in [3.63, 3.8) is 0 Å². The van der Waals surface area contributed by atoms with Crippen molar-refractivity contribution in [3.05, 3.63) is 58.1 Å². The van der Waals surface area contributed by atoms with Crippen molar-refractivity contribution < 1.29 is 9.47 Å². The summed E-state index contributed by atoms with van der Waals surface area (Å²) >= 11 is 9.39. The molecule has 0 atom stereocenters. The Bertz CT molecular complexity index is 808. The van der Waals surface area contributed by atoms with Gasteiger partial charge in [0, 0.05) is 44.0 Å². The number of rotatable bonds is 11. The van der Waals surface area contributed by atoms with Crippen molar-refractivity contribution in [1.29, 1.82) is 0 Å². The van der Waals surface area contributed by atoms with Gasteiger partial charge in [0.2, 0.25) is 0 Å². The van der Waals surface area contributed by atoms with Crippen LogP contribution in [-0.2, 0) is 5.41 Å². The lowest BCUT2D eigenvalue weighted by Crippen LogP contribution is -2.43. The summed E-state index contributed by atoms with van der Waals surface area (Å²) in [7, 11) is 0. The van der Waals surface area contributed by atoms with Crippen LogP contribution in [0, 0.1) is 0 Å². The Morgan fingerprint density at radius 2 is 1.58 bits per heavy atom. The largest absolute Gasteiger partial charge is 0.494 e. The molecule has 1 aliphatic heterocycles. The summed E-state index contributed by atoms with van der Waals surface area (Å²) in [6, 6.07) is 14.8. The second-order valence-electron chi connectivity index (χ2n) is 8.48. The van der Waals surface area contributed by atoms with Crippen molar-refractivity contribution in [1.82, 2.24) is 10.2 Å². The van der Waals surface area contributed by atoms with E-state index in [0.717, 1.165) is 68.1 Å². The van der Waals surface area contributed by atoms with Gasteiger partial charge in [-0.05, 0) is 64.2 Å². The van der Waals surface area contributed by atoms with Gasteiger partial charge in [-0.25, -0.2) is 0 Å². The minimum absolute atomic E-state index is 0.127. The smallest absolute Gasteiger partial charge is 0.133 e. The van der Waals surface area contributed by atoms with Gasteiger partial charge in [-0.1, -0.05) is 45.9 Å². The fourth-order valence-electron chi connectivity index (χ4n) is 3.79. The number of hydrogen-bond donors (Lipinski definition) is 1. The van der Waals surface area contributed by atoms with Crippen molar-refractivity contribution in [2.45, 2.75) is 46.0 Å². The summed E-state index contributed by atoms with van der Waals surface area (Å²) in [6.07, 6.45) is 1.89. The first-order chi connectivity index (χ1) is 16.0. The average Bonchev–Trinajstić information content (AvgIpc) is 2.85. The van der Waals surface area contributed by atoms with Gasteiger partial charge in [-0.3, -0.25) is 0 Å². The monoisotopic (exact) mass is 538 g/mol. The molecule has 3 rings (SSSR count). The molecule has 0 unspecified atom stereocenters. The molecule has 1 saturated heterocycles. The zero-order chi connectivity index (χ0) is 24.1. The molecule has 4 nitrogen and oxygen atoms in total. The molecule has 0 aromatic heterocycles. The molecule has 2 aromatic carbocycles. The first kappa shape index (κ1) is 28.0. The van der Waals surface area contributed by atoms with Gasteiger partial charge in [0.1, 0.15) is 11.5 Å². The topological polar surface area (TPSA) is 33.7 Å². The van der Waals surface area contributed by atoms with Crippen molar-refractivity contribution in [2.24, 2.45) is 0 Å². The molecule has 184 valence electrons. The number of piperazine rings is 1. The zero-order valence-corrected chi connectivity index (χ0v) is 23.0. The third-order valence-corrected chi connectivity index (χ3v) is 6.75. The SMILES string of the molecule is CC.CC(C)(c1ccc(OCCCN2CCNCC2)cc1)c1ccc(OCCCCl)c(Br)c1. The van der Waals surface area contributed by atoms with Crippen molar-refractivity contribution in [2.75, 3.05) is 51.8 Å². The summed E-state index contributed by atoms with van der Waals surface area (Å²) in [5.74, 6) is 2.40. The highest BCUT2D eigenvalue weighted by atomic mass is 79.9. The predicted octanol–water partition coefficient (Wildman–Crippen LogP) is 6.48. The maximum absolute atomic E-state index is 5.98. The van der Waals surface area contributed by atoms with Gasteiger partial charge in [-0.2, -0.15) is 0 Å². The highest BCUT2D eigenvalue weighted by Gasteiger charge is 2.24. The molecule has 0 aliphatic carbocycles. The van der Waals surface area contributed by atoms with Gasteiger partial charge in [0.25, 0.3) is 0 Å². The van der Waals surface area contributed by atoms with Crippen LogP contribution in [0.1, 0.15) is 51.7 Å². The lowest BCUT2D eigenvalue weighted by atomic mass is 9.78. The van der Waals surface area contributed by atoms with Crippen LogP contribution in [0.3, 0.4) is 0 Å². The second-order valence-corrected chi connectivity index (χ2v) is 9.71. The molecule has 0 radical (unpaired) electrons. The molecule has 0 saturated carbocycles. The third kappa shape index (κ3) is 8.79. The van der Waals surface area contributed by atoms with Gasteiger partial charge >= 0.3 is 0 Å². The van der Waals surface area contributed by atoms with Crippen LogP contribution in [0.25, 0.3) is 0 Å². The van der Waals surface area contributed by atoms with E-state index < -0.39 is 0 Å². The lowest BCUT2D eigenvalue weighted by molar-refractivity contribution is 0.214. The van der Waals surface area contributed by atoms with Gasteiger partial charge < -0.3 is 19.7 Å². The van der Waals surface area contributed by atoms with Crippen LogP contribution >= 0.6 is 27.5 Å². The zero-order valence-electron chi connectivity index (χ0n) is 20.6. The van der Waals surface area contributed by atoms with E-state index in [1.54, 1.807) is 0 Å². The van der Waals surface area contributed by atoms with E-state index in [1.165, 1.54) is 11.1 Å². The Morgan fingerprint density at radius 3 is 2.21 bits per heavy atom. The summed E-state index contributed by atoms with van der Waals surface area (Å²) < 4.78 is 12.7. The van der Waals surface area contributed by atoms with E-state index in [1.807, 2.05) is 19.9 Å². The van der Waals surface area contributed by atoms with Crippen molar-refractivity contribution in [3.8, 4) is 11.5 Å².